The maximum Gasteiger partial charge on any atom is 0.227 e. The minimum Gasteiger partial charge on any atom is -0.494 e. The summed E-state index contributed by atoms with van der Waals surface area (Å²) in [7, 11) is 0. The first-order valence-corrected chi connectivity index (χ1v) is 9.84. The minimum absolute atomic E-state index is 0.0882. The summed E-state index contributed by atoms with van der Waals surface area (Å²) in [5.74, 6) is 1.64. The van der Waals surface area contributed by atoms with Crippen LogP contribution in [0.4, 0.5) is 5.69 Å². The molecule has 0 fully saturated rings. The molecule has 1 heterocycles. The monoisotopic (exact) mass is 394 g/mol. The smallest absolute Gasteiger partial charge is 0.227 e. The Labute approximate surface area is 170 Å². The van der Waals surface area contributed by atoms with Crippen molar-refractivity contribution in [2.24, 2.45) is 0 Å². The molecule has 7 nitrogen and oxygen atoms in total. The third-order valence-electron chi connectivity index (χ3n) is 4.31. The first-order valence-electron chi connectivity index (χ1n) is 9.84. The molecule has 3 rings (SSSR count). The van der Waals surface area contributed by atoms with E-state index in [-0.39, 0.29) is 12.3 Å². The van der Waals surface area contributed by atoms with E-state index in [2.05, 4.69) is 20.8 Å². The molecular formula is C22H26N4O3. The number of hydrogen-bond acceptors (Lipinski definition) is 6. The summed E-state index contributed by atoms with van der Waals surface area (Å²) >= 11 is 0. The molecule has 0 radical (unpaired) electrons. The maximum atomic E-state index is 12.4. The standard InChI is InChI=1S/C22H26N4O3/c1-3-23-15-17-7-5-6-8-19(17)24-20(27)13-14-21-25-22(26-29-21)16-9-11-18(12-10-16)28-4-2/h5-12,23H,3-4,13-15H2,1-2H3,(H,24,27). The van der Waals surface area contributed by atoms with Crippen molar-refractivity contribution in [3.8, 4) is 17.1 Å². The van der Waals surface area contributed by atoms with Crippen molar-refractivity contribution < 1.29 is 14.1 Å². The molecule has 1 aromatic heterocycles. The predicted molar refractivity (Wildman–Crippen MR) is 112 cm³/mol. The van der Waals surface area contributed by atoms with Gasteiger partial charge in [-0.05, 0) is 49.4 Å². The Kier molecular flexibility index (Phi) is 7.35. The van der Waals surface area contributed by atoms with Gasteiger partial charge in [-0.1, -0.05) is 30.3 Å². The van der Waals surface area contributed by atoms with Crippen LogP contribution in [0.15, 0.2) is 53.1 Å². The molecule has 152 valence electrons. The van der Waals surface area contributed by atoms with Crippen LogP contribution >= 0.6 is 0 Å². The molecule has 0 saturated heterocycles. The fourth-order valence-electron chi connectivity index (χ4n) is 2.83. The summed E-state index contributed by atoms with van der Waals surface area (Å²) in [6.07, 6.45) is 0.645. The molecule has 0 aliphatic heterocycles. The lowest BCUT2D eigenvalue weighted by molar-refractivity contribution is -0.116. The maximum absolute atomic E-state index is 12.4. The highest BCUT2D eigenvalue weighted by Gasteiger charge is 2.12. The molecule has 2 aromatic carbocycles. The summed E-state index contributed by atoms with van der Waals surface area (Å²) < 4.78 is 10.7. The lowest BCUT2D eigenvalue weighted by Gasteiger charge is -2.11. The fourth-order valence-corrected chi connectivity index (χ4v) is 2.83. The number of nitrogens with zero attached hydrogens (tertiary/aromatic N) is 2. The van der Waals surface area contributed by atoms with Crippen molar-refractivity contribution in [1.82, 2.24) is 15.5 Å². The van der Waals surface area contributed by atoms with Crippen molar-refractivity contribution >= 4 is 11.6 Å². The summed E-state index contributed by atoms with van der Waals surface area (Å²) in [5, 5.41) is 10.2. The Bertz CT molecular complexity index is 922. The molecule has 0 bridgehead atoms. The van der Waals surface area contributed by atoms with Gasteiger partial charge in [0.2, 0.25) is 17.6 Å². The van der Waals surface area contributed by atoms with Crippen LogP contribution in [0.2, 0.25) is 0 Å². The number of rotatable bonds is 10. The molecular weight excluding hydrogens is 368 g/mol. The fraction of sp³-hybridized carbons (Fsp3) is 0.318. The zero-order chi connectivity index (χ0) is 20.5. The van der Waals surface area contributed by atoms with Gasteiger partial charge in [0.25, 0.3) is 0 Å². The van der Waals surface area contributed by atoms with E-state index in [1.54, 1.807) is 0 Å². The molecule has 1 amide bonds. The van der Waals surface area contributed by atoms with Crippen molar-refractivity contribution in [3.63, 3.8) is 0 Å². The Balaban J connectivity index is 1.55. The average Bonchev–Trinajstić information content (AvgIpc) is 3.21. The molecule has 0 saturated carbocycles. The Morgan fingerprint density at radius 3 is 2.66 bits per heavy atom. The van der Waals surface area contributed by atoms with E-state index in [1.807, 2.05) is 62.4 Å². The zero-order valence-electron chi connectivity index (χ0n) is 16.8. The lowest BCUT2D eigenvalue weighted by Crippen LogP contribution is -2.17. The molecule has 0 aliphatic rings. The van der Waals surface area contributed by atoms with Crippen LogP contribution in [0.1, 0.15) is 31.7 Å². The molecule has 0 atom stereocenters. The molecule has 0 aliphatic carbocycles. The van der Waals surface area contributed by atoms with Crippen molar-refractivity contribution in [1.29, 1.82) is 0 Å². The second-order valence-electron chi connectivity index (χ2n) is 6.45. The van der Waals surface area contributed by atoms with E-state index in [1.165, 1.54) is 0 Å². The van der Waals surface area contributed by atoms with Gasteiger partial charge in [-0.15, -0.1) is 0 Å². The number of aromatic nitrogens is 2. The first kappa shape index (κ1) is 20.5. The number of carbonyl (C=O) groups excluding carboxylic acids is 1. The second-order valence-corrected chi connectivity index (χ2v) is 6.45. The van der Waals surface area contributed by atoms with E-state index in [4.69, 9.17) is 9.26 Å². The van der Waals surface area contributed by atoms with Gasteiger partial charge in [0, 0.05) is 30.6 Å². The number of aryl methyl sites for hydroxylation is 1. The summed E-state index contributed by atoms with van der Waals surface area (Å²) in [4.78, 5) is 16.7. The number of hydrogen-bond donors (Lipinski definition) is 2. The van der Waals surface area contributed by atoms with E-state index >= 15 is 0 Å². The minimum atomic E-state index is -0.0882. The Morgan fingerprint density at radius 1 is 1.10 bits per heavy atom. The number of carbonyl (C=O) groups is 1. The Morgan fingerprint density at radius 2 is 1.90 bits per heavy atom. The first-order chi connectivity index (χ1) is 14.2. The van der Waals surface area contributed by atoms with Crippen LogP contribution in [-0.2, 0) is 17.8 Å². The van der Waals surface area contributed by atoms with Crippen LogP contribution in [0.25, 0.3) is 11.4 Å². The number of amides is 1. The quantitative estimate of drug-likeness (QED) is 0.543. The van der Waals surface area contributed by atoms with Gasteiger partial charge in [-0.3, -0.25) is 4.79 Å². The van der Waals surface area contributed by atoms with Gasteiger partial charge in [-0.2, -0.15) is 4.98 Å². The summed E-state index contributed by atoms with van der Waals surface area (Å²) in [6.45, 7) is 6.19. The molecule has 0 spiro atoms. The highest BCUT2D eigenvalue weighted by Crippen LogP contribution is 2.20. The van der Waals surface area contributed by atoms with E-state index in [0.29, 0.717) is 31.3 Å². The predicted octanol–water partition coefficient (Wildman–Crippen LogP) is 3.82. The molecule has 7 heteroatoms. The molecule has 2 N–H and O–H groups in total. The van der Waals surface area contributed by atoms with Crippen molar-refractivity contribution in [2.45, 2.75) is 33.2 Å². The highest BCUT2D eigenvalue weighted by molar-refractivity contribution is 5.91. The van der Waals surface area contributed by atoms with Crippen LogP contribution in [0.3, 0.4) is 0 Å². The Hall–Kier alpha value is -3.19. The topological polar surface area (TPSA) is 89.3 Å². The average molecular weight is 394 g/mol. The number of nitrogens with one attached hydrogen (secondary N) is 2. The number of ether oxygens (including phenoxy) is 1. The van der Waals surface area contributed by atoms with Gasteiger partial charge >= 0.3 is 0 Å². The van der Waals surface area contributed by atoms with Gasteiger partial charge in [0.1, 0.15) is 5.75 Å². The van der Waals surface area contributed by atoms with Crippen molar-refractivity contribution in [3.05, 3.63) is 60.0 Å². The number of para-hydroxylation sites is 1. The lowest BCUT2D eigenvalue weighted by atomic mass is 10.1. The number of anilines is 1. The largest absolute Gasteiger partial charge is 0.494 e. The van der Waals surface area contributed by atoms with E-state index in [9.17, 15) is 4.79 Å². The third-order valence-corrected chi connectivity index (χ3v) is 4.31. The number of benzene rings is 2. The van der Waals surface area contributed by atoms with Gasteiger partial charge in [-0.25, -0.2) is 0 Å². The van der Waals surface area contributed by atoms with Crippen LogP contribution in [-0.4, -0.2) is 29.2 Å². The SMILES string of the molecule is CCNCc1ccccc1NC(=O)CCc1nc(-c2ccc(OCC)cc2)no1. The van der Waals surface area contributed by atoms with E-state index < -0.39 is 0 Å². The van der Waals surface area contributed by atoms with Gasteiger partial charge in [0.05, 0.1) is 6.61 Å². The molecule has 29 heavy (non-hydrogen) atoms. The van der Waals surface area contributed by atoms with Gasteiger partial charge in [0.15, 0.2) is 0 Å². The summed E-state index contributed by atoms with van der Waals surface area (Å²) in [6, 6.07) is 15.3. The third kappa shape index (κ3) is 5.89. The van der Waals surface area contributed by atoms with Crippen molar-refractivity contribution in [2.75, 3.05) is 18.5 Å². The van der Waals surface area contributed by atoms with Gasteiger partial charge < -0.3 is 19.9 Å². The van der Waals surface area contributed by atoms with Crippen LogP contribution in [0.5, 0.6) is 5.75 Å². The van der Waals surface area contributed by atoms with Crippen LogP contribution < -0.4 is 15.4 Å². The summed E-state index contributed by atoms with van der Waals surface area (Å²) in [5.41, 5.74) is 2.71. The van der Waals surface area contributed by atoms with E-state index in [0.717, 1.165) is 29.1 Å². The second kappa shape index (κ2) is 10.4. The molecule has 3 aromatic rings. The molecule has 0 unspecified atom stereocenters. The highest BCUT2D eigenvalue weighted by atomic mass is 16.5. The zero-order valence-corrected chi connectivity index (χ0v) is 16.8. The van der Waals surface area contributed by atoms with Crippen LogP contribution in [0, 0.1) is 0 Å². The normalized spacial score (nSPS) is 10.7.